The number of rotatable bonds is 21. The topological polar surface area (TPSA) is 63.6 Å². The number of carbonyl (C=O) groups excluding carboxylic acids is 1. The number of esters is 1. The summed E-state index contributed by atoms with van der Waals surface area (Å²) in [6, 6.07) is 0. The van der Waals surface area contributed by atoms with Gasteiger partial charge in [0.25, 0.3) is 0 Å². The number of unbranched alkanes of at least 4 members (excludes halogenated alkanes) is 15. The summed E-state index contributed by atoms with van der Waals surface area (Å²) < 4.78 is 5.29. The van der Waals surface area contributed by atoms with E-state index in [0.29, 0.717) is 13.0 Å². The Bertz CT molecular complexity index is 341. The minimum atomic E-state index is -0.712. The van der Waals surface area contributed by atoms with E-state index in [1.807, 2.05) is 0 Å². The van der Waals surface area contributed by atoms with Gasteiger partial charge in [-0.05, 0) is 19.3 Å². The molecule has 0 saturated carbocycles. The summed E-state index contributed by atoms with van der Waals surface area (Å²) >= 11 is 0. The van der Waals surface area contributed by atoms with Crippen LogP contribution in [0.25, 0.3) is 0 Å². The molecule has 0 radical (unpaired) electrons. The van der Waals surface area contributed by atoms with E-state index in [1.54, 1.807) is 0 Å². The van der Waals surface area contributed by atoms with Gasteiger partial charge in [0.1, 0.15) is 0 Å². The number of carbonyl (C=O) groups is 2. The van der Waals surface area contributed by atoms with Gasteiger partial charge in [-0.15, -0.1) is 0 Å². The molecule has 0 aliphatic rings. The van der Waals surface area contributed by atoms with Gasteiger partial charge in [-0.25, -0.2) is 0 Å². The molecule has 4 heteroatoms. The van der Waals surface area contributed by atoms with E-state index in [2.05, 4.69) is 6.92 Å². The Balaban J connectivity index is 3.16. The summed E-state index contributed by atoms with van der Waals surface area (Å²) in [5, 5.41) is 8.55. The van der Waals surface area contributed by atoms with Gasteiger partial charge >= 0.3 is 11.9 Å². The molecule has 0 amide bonds. The first-order valence-corrected chi connectivity index (χ1v) is 11.5. The monoisotopic (exact) mass is 384 g/mol. The number of hydrogen-bond acceptors (Lipinski definition) is 3. The van der Waals surface area contributed by atoms with Gasteiger partial charge in [-0.3, -0.25) is 9.59 Å². The first kappa shape index (κ1) is 25.9. The third-order valence-corrected chi connectivity index (χ3v) is 5.03. The van der Waals surface area contributed by atoms with E-state index in [1.165, 1.54) is 64.2 Å². The van der Waals surface area contributed by atoms with Crippen LogP contribution in [-0.4, -0.2) is 23.7 Å². The Kier molecular flexibility index (Phi) is 20.4. The molecule has 0 rings (SSSR count). The summed E-state index contributed by atoms with van der Waals surface area (Å²) in [4.78, 5) is 22.0. The lowest BCUT2D eigenvalue weighted by Gasteiger charge is -2.05. The van der Waals surface area contributed by atoms with Gasteiger partial charge < -0.3 is 9.84 Å². The third kappa shape index (κ3) is 22.9. The largest absolute Gasteiger partial charge is 0.481 e. The highest BCUT2D eigenvalue weighted by molar-refractivity contribution is 5.69. The second kappa shape index (κ2) is 21.2. The van der Waals surface area contributed by atoms with Crippen LogP contribution in [0.5, 0.6) is 0 Å². The molecule has 0 heterocycles. The Labute approximate surface area is 167 Å². The predicted molar refractivity (Wildman–Crippen MR) is 112 cm³/mol. The number of aliphatic carboxylic acids is 1. The van der Waals surface area contributed by atoms with Gasteiger partial charge in [-0.2, -0.15) is 0 Å². The van der Waals surface area contributed by atoms with Crippen molar-refractivity contribution < 1.29 is 19.4 Å². The van der Waals surface area contributed by atoms with E-state index >= 15 is 0 Å². The molecule has 0 unspecified atom stereocenters. The second-order valence-electron chi connectivity index (χ2n) is 7.77. The molecule has 0 bridgehead atoms. The molecule has 0 aromatic heterocycles. The molecule has 27 heavy (non-hydrogen) atoms. The number of hydrogen-bond donors (Lipinski definition) is 1. The minimum Gasteiger partial charge on any atom is -0.481 e. The quantitative estimate of drug-likeness (QED) is 0.170. The van der Waals surface area contributed by atoms with Crippen molar-refractivity contribution in [3.8, 4) is 0 Å². The molecular formula is C23H44O4. The lowest BCUT2D eigenvalue weighted by molar-refractivity contribution is -0.144. The Morgan fingerprint density at radius 1 is 0.593 bits per heavy atom. The van der Waals surface area contributed by atoms with E-state index in [4.69, 9.17) is 9.84 Å². The van der Waals surface area contributed by atoms with Gasteiger partial charge in [0, 0.05) is 12.8 Å². The molecule has 4 nitrogen and oxygen atoms in total. The van der Waals surface area contributed by atoms with Gasteiger partial charge in [0.2, 0.25) is 0 Å². The van der Waals surface area contributed by atoms with Crippen LogP contribution in [0.2, 0.25) is 0 Å². The normalized spacial score (nSPS) is 10.9. The first-order valence-electron chi connectivity index (χ1n) is 11.5. The van der Waals surface area contributed by atoms with Crippen LogP contribution < -0.4 is 0 Å². The van der Waals surface area contributed by atoms with Crippen LogP contribution in [0.1, 0.15) is 129 Å². The van der Waals surface area contributed by atoms with Crippen LogP contribution >= 0.6 is 0 Å². The number of carboxylic acid groups (broad SMARTS) is 1. The maximum absolute atomic E-state index is 11.6. The first-order chi connectivity index (χ1) is 13.2. The molecular weight excluding hydrogens is 340 g/mol. The number of ether oxygens (including phenoxy) is 1. The molecule has 160 valence electrons. The van der Waals surface area contributed by atoms with Gasteiger partial charge in [0.05, 0.1) is 6.61 Å². The predicted octanol–water partition coefficient (Wildman–Crippen LogP) is 7.05. The highest BCUT2D eigenvalue weighted by atomic mass is 16.5. The highest BCUT2D eigenvalue weighted by Gasteiger charge is 2.03. The van der Waals surface area contributed by atoms with E-state index < -0.39 is 5.97 Å². The fourth-order valence-electron chi connectivity index (χ4n) is 3.28. The Morgan fingerprint density at radius 3 is 1.48 bits per heavy atom. The molecule has 0 atom stereocenters. The lowest BCUT2D eigenvalue weighted by Crippen LogP contribution is -2.05. The minimum absolute atomic E-state index is 0.0621. The zero-order valence-corrected chi connectivity index (χ0v) is 17.8. The zero-order valence-electron chi connectivity index (χ0n) is 17.8. The second-order valence-corrected chi connectivity index (χ2v) is 7.77. The summed E-state index contributed by atoms with van der Waals surface area (Å²) in [7, 11) is 0. The SMILES string of the molecule is CCCCCCCCCCCCCOC(=O)CCCCCCCCC(=O)O. The van der Waals surface area contributed by atoms with Gasteiger partial charge in [-0.1, -0.05) is 96.8 Å². The Hall–Kier alpha value is -1.06. The van der Waals surface area contributed by atoms with E-state index in [-0.39, 0.29) is 12.4 Å². The lowest BCUT2D eigenvalue weighted by atomic mass is 10.1. The standard InChI is InChI=1S/C23H44O4/c1-2-3-4-5-6-7-8-9-12-15-18-21-27-23(26)20-17-14-11-10-13-16-19-22(24)25/h2-21H2,1H3,(H,24,25). The summed E-state index contributed by atoms with van der Waals surface area (Å²) in [5.41, 5.74) is 0. The summed E-state index contributed by atoms with van der Waals surface area (Å²) in [5.74, 6) is -0.775. The summed E-state index contributed by atoms with van der Waals surface area (Å²) in [6.07, 6.45) is 20.9. The van der Waals surface area contributed by atoms with Crippen molar-refractivity contribution in [2.75, 3.05) is 6.61 Å². The van der Waals surface area contributed by atoms with Crippen molar-refractivity contribution in [3.63, 3.8) is 0 Å². The summed E-state index contributed by atoms with van der Waals surface area (Å²) in [6.45, 7) is 2.83. The van der Waals surface area contributed by atoms with Crippen LogP contribution in [0.15, 0.2) is 0 Å². The molecule has 0 spiro atoms. The zero-order chi connectivity index (χ0) is 20.0. The van der Waals surface area contributed by atoms with Crippen LogP contribution in [-0.2, 0) is 14.3 Å². The smallest absolute Gasteiger partial charge is 0.305 e. The Morgan fingerprint density at radius 2 is 1.00 bits per heavy atom. The van der Waals surface area contributed by atoms with E-state index in [9.17, 15) is 9.59 Å². The van der Waals surface area contributed by atoms with Crippen LogP contribution in [0.4, 0.5) is 0 Å². The molecule has 0 aromatic rings. The fraction of sp³-hybridized carbons (Fsp3) is 0.913. The number of carboxylic acids is 1. The van der Waals surface area contributed by atoms with Crippen molar-refractivity contribution in [1.82, 2.24) is 0 Å². The van der Waals surface area contributed by atoms with Crippen molar-refractivity contribution >= 4 is 11.9 Å². The van der Waals surface area contributed by atoms with Crippen LogP contribution in [0.3, 0.4) is 0 Å². The highest BCUT2D eigenvalue weighted by Crippen LogP contribution is 2.12. The fourth-order valence-corrected chi connectivity index (χ4v) is 3.28. The van der Waals surface area contributed by atoms with Crippen molar-refractivity contribution in [3.05, 3.63) is 0 Å². The third-order valence-electron chi connectivity index (χ3n) is 5.03. The maximum atomic E-state index is 11.6. The van der Waals surface area contributed by atoms with E-state index in [0.717, 1.165) is 44.9 Å². The molecule has 0 aliphatic heterocycles. The average molecular weight is 385 g/mol. The molecule has 0 saturated heterocycles. The maximum Gasteiger partial charge on any atom is 0.305 e. The van der Waals surface area contributed by atoms with Gasteiger partial charge in [0.15, 0.2) is 0 Å². The van der Waals surface area contributed by atoms with Crippen molar-refractivity contribution in [2.45, 2.75) is 129 Å². The molecule has 0 fully saturated rings. The van der Waals surface area contributed by atoms with Crippen molar-refractivity contribution in [2.24, 2.45) is 0 Å². The molecule has 1 N–H and O–H groups in total. The molecule has 0 aromatic carbocycles. The molecule has 0 aliphatic carbocycles. The average Bonchev–Trinajstić information content (AvgIpc) is 2.64. The van der Waals surface area contributed by atoms with Crippen molar-refractivity contribution in [1.29, 1.82) is 0 Å². The van der Waals surface area contributed by atoms with Crippen LogP contribution in [0, 0.1) is 0 Å².